The summed E-state index contributed by atoms with van der Waals surface area (Å²) in [5.41, 5.74) is 1.04. The van der Waals surface area contributed by atoms with E-state index in [2.05, 4.69) is 16.4 Å². The molecule has 1 heterocycles. The number of nitriles is 1. The number of halogens is 3. The highest BCUT2D eigenvalue weighted by Crippen LogP contribution is 2.32. The summed E-state index contributed by atoms with van der Waals surface area (Å²) in [6.45, 7) is 3.52. The van der Waals surface area contributed by atoms with Crippen LogP contribution in [0.4, 0.5) is 18.9 Å². The van der Waals surface area contributed by atoms with E-state index in [1.54, 1.807) is 31.2 Å². The van der Waals surface area contributed by atoms with E-state index < -0.39 is 24.3 Å². The summed E-state index contributed by atoms with van der Waals surface area (Å²) in [7, 11) is 0. The number of aryl methyl sites for hydroxylation is 1. The number of aromatic nitrogens is 1. The highest BCUT2D eigenvalue weighted by atomic mass is 32.1. The number of nitrogens with zero attached hydrogens (tertiary/aromatic N) is 2. The molecule has 0 aliphatic rings. The van der Waals surface area contributed by atoms with Crippen molar-refractivity contribution in [2.24, 2.45) is 0 Å². The molecule has 6 nitrogen and oxygen atoms in total. The first kappa shape index (κ1) is 24.8. The van der Waals surface area contributed by atoms with Gasteiger partial charge in [-0.2, -0.15) is 18.4 Å². The number of amides is 1. The quantitative estimate of drug-likeness (QED) is 0.397. The van der Waals surface area contributed by atoms with Crippen molar-refractivity contribution in [3.63, 3.8) is 0 Å². The van der Waals surface area contributed by atoms with Crippen LogP contribution in [0.2, 0.25) is 0 Å². The van der Waals surface area contributed by atoms with Crippen molar-refractivity contribution in [1.29, 1.82) is 5.26 Å². The maximum absolute atomic E-state index is 12.8. The van der Waals surface area contributed by atoms with Gasteiger partial charge in [-0.1, -0.05) is 12.1 Å². The van der Waals surface area contributed by atoms with Crippen LogP contribution in [0.25, 0.3) is 11.6 Å². The minimum absolute atomic E-state index is 0.00963. The Balaban J connectivity index is 1.72. The van der Waals surface area contributed by atoms with Gasteiger partial charge in [-0.05, 0) is 55.8 Å². The molecule has 176 valence electrons. The number of rotatable bonds is 8. The lowest BCUT2D eigenvalue weighted by Crippen LogP contribution is -2.20. The second kappa shape index (κ2) is 10.9. The molecule has 0 bridgehead atoms. The SMILES string of the molecule is CCOc1cc(/C=C(\C#N)c2nc(C)cs2)ccc1OCC(=O)Nc1cccc(C(F)(F)F)c1. The lowest BCUT2D eigenvalue weighted by atomic mass is 10.1. The second-order valence-electron chi connectivity index (χ2n) is 7.02. The highest BCUT2D eigenvalue weighted by molar-refractivity contribution is 7.11. The van der Waals surface area contributed by atoms with Crippen molar-refractivity contribution >= 4 is 34.6 Å². The van der Waals surface area contributed by atoms with E-state index in [9.17, 15) is 23.2 Å². The van der Waals surface area contributed by atoms with Crippen molar-refractivity contribution in [3.05, 3.63) is 69.7 Å². The Morgan fingerprint density at radius 3 is 2.65 bits per heavy atom. The van der Waals surface area contributed by atoms with Gasteiger partial charge >= 0.3 is 6.18 Å². The van der Waals surface area contributed by atoms with Gasteiger partial charge in [0.15, 0.2) is 18.1 Å². The fraction of sp³-hybridized carbons (Fsp3) is 0.208. The first-order valence-electron chi connectivity index (χ1n) is 10.1. The third-order valence-electron chi connectivity index (χ3n) is 4.38. The fourth-order valence-electron chi connectivity index (χ4n) is 2.90. The zero-order chi connectivity index (χ0) is 24.7. The van der Waals surface area contributed by atoms with Gasteiger partial charge in [0.1, 0.15) is 11.1 Å². The number of ether oxygens (including phenoxy) is 2. The Hall–Kier alpha value is -3.84. The smallest absolute Gasteiger partial charge is 0.416 e. The normalized spacial score (nSPS) is 11.6. The molecule has 3 aromatic rings. The van der Waals surface area contributed by atoms with Crippen LogP contribution in [0.1, 0.15) is 28.8 Å². The third-order valence-corrected chi connectivity index (χ3v) is 5.37. The largest absolute Gasteiger partial charge is 0.490 e. The summed E-state index contributed by atoms with van der Waals surface area (Å²) >= 11 is 1.37. The predicted octanol–water partition coefficient (Wildman–Crippen LogP) is 5.95. The van der Waals surface area contributed by atoms with Crippen LogP contribution in [0.15, 0.2) is 47.8 Å². The second-order valence-corrected chi connectivity index (χ2v) is 7.88. The van der Waals surface area contributed by atoms with Gasteiger partial charge < -0.3 is 14.8 Å². The van der Waals surface area contributed by atoms with Gasteiger partial charge in [0.2, 0.25) is 0 Å². The van der Waals surface area contributed by atoms with Crippen molar-refractivity contribution < 1.29 is 27.4 Å². The van der Waals surface area contributed by atoms with Crippen LogP contribution in [0, 0.1) is 18.3 Å². The average molecular weight is 488 g/mol. The lowest BCUT2D eigenvalue weighted by molar-refractivity contribution is -0.137. The first-order chi connectivity index (χ1) is 16.2. The summed E-state index contributed by atoms with van der Waals surface area (Å²) in [5, 5.41) is 14.3. The Kier molecular flexibility index (Phi) is 7.91. The van der Waals surface area contributed by atoms with E-state index in [-0.39, 0.29) is 11.4 Å². The van der Waals surface area contributed by atoms with E-state index >= 15 is 0 Å². The summed E-state index contributed by atoms with van der Waals surface area (Å²) < 4.78 is 49.7. The van der Waals surface area contributed by atoms with Gasteiger partial charge in [0, 0.05) is 16.8 Å². The number of carbonyl (C=O) groups is 1. The molecule has 0 atom stereocenters. The van der Waals surface area contributed by atoms with Gasteiger partial charge in [-0.15, -0.1) is 11.3 Å². The van der Waals surface area contributed by atoms with Crippen molar-refractivity contribution in [2.45, 2.75) is 20.0 Å². The molecular formula is C24H20F3N3O3S. The Morgan fingerprint density at radius 2 is 2.00 bits per heavy atom. The van der Waals surface area contributed by atoms with Gasteiger partial charge in [-0.25, -0.2) is 4.98 Å². The van der Waals surface area contributed by atoms with E-state index in [0.717, 1.165) is 17.8 Å². The number of hydrogen-bond acceptors (Lipinski definition) is 6. The molecular weight excluding hydrogens is 467 g/mol. The summed E-state index contributed by atoms with van der Waals surface area (Å²) in [6, 6.07) is 11.4. The highest BCUT2D eigenvalue weighted by Gasteiger charge is 2.30. The van der Waals surface area contributed by atoms with Crippen molar-refractivity contribution in [2.75, 3.05) is 18.5 Å². The molecule has 10 heteroatoms. The van der Waals surface area contributed by atoms with Gasteiger partial charge in [-0.3, -0.25) is 4.79 Å². The molecule has 0 unspecified atom stereocenters. The molecule has 0 spiro atoms. The number of thiazole rings is 1. The predicted molar refractivity (Wildman–Crippen MR) is 124 cm³/mol. The summed E-state index contributed by atoms with van der Waals surface area (Å²) in [6.07, 6.45) is -2.84. The number of alkyl halides is 3. The Labute approximate surface area is 198 Å². The molecule has 2 aromatic carbocycles. The molecule has 0 radical (unpaired) electrons. The van der Waals surface area contributed by atoms with Gasteiger partial charge in [0.25, 0.3) is 5.91 Å². The molecule has 0 aliphatic heterocycles. The van der Waals surface area contributed by atoms with E-state index in [1.807, 2.05) is 12.3 Å². The fourth-order valence-corrected chi connectivity index (χ4v) is 3.66. The zero-order valence-corrected chi connectivity index (χ0v) is 19.1. The number of hydrogen-bond donors (Lipinski definition) is 1. The van der Waals surface area contributed by atoms with E-state index in [1.165, 1.54) is 23.5 Å². The topological polar surface area (TPSA) is 84.2 Å². The third kappa shape index (κ3) is 6.59. The van der Waals surface area contributed by atoms with E-state index in [0.29, 0.717) is 28.5 Å². The van der Waals surface area contributed by atoms with E-state index in [4.69, 9.17) is 9.47 Å². The average Bonchev–Trinajstić information content (AvgIpc) is 3.22. The molecule has 0 aliphatic carbocycles. The molecule has 0 saturated carbocycles. The minimum Gasteiger partial charge on any atom is -0.490 e. The molecule has 34 heavy (non-hydrogen) atoms. The lowest BCUT2D eigenvalue weighted by Gasteiger charge is -2.13. The van der Waals surface area contributed by atoms with Crippen molar-refractivity contribution in [1.82, 2.24) is 4.98 Å². The molecule has 0 saturated heterocycles. The molecule has 1 aromatic heterocycles. The maximum Gasteiger partial charge on any atom is 0.416 e. The Morgan fingerprint density at radius 1 is 1.21 bits per heavy atom. The number of allylic oxidation sites excluding steroid dienone is 1. The molecule has 3 rings (SSSR count). The number of anilines is 1. The minimum atomic E-state index is -4.51. The van der Waals surface area contributed by atoms with Crippen LogP contribution >= 0.6 is 11.3 Å². The molecule has 1 N–H and O–H groups in total. The zero-order valence-electron chi connectivity index (χ0n) is 18.3. The number of nitrogens with one attached hydrogen (secondary N) is 1. The van der Waals surface area contributed by atoms with Crippen LogP contribution in [0.3, 0.4) is 0 Å². The molecule has 0 fully saturated rings. The maximum atomic E-state index is 12.8. The summed E-state index contributed by atoms with van der Waals surface area (Å²) in [5.74, 6) is 0.00849. The Bertz CT molecular complexity index is 1250. The van der Waals surface area contributed by atoms with Crippen LogP contribution in [-0.4, -0.2) is 24.1 Å². The van der Waals surface area contributed by atoms with Crippen molar-refractivity contribution in [3.8, 4) is 17.6 Å². The number of carbonyl (C=O) groups excluding carboxylic acids is 1. The van der Waals surface area contributed by atoms with Crippen LogP contribution in [0.5, 0.6) is 11.5 Å². The number of benzene rings is 2. The monoisotopic (exact) mass is 487 g/mol. The first-order valence-corrected chi connectivity index (χ1v) is 11.0. The van der Waals surface area contributed by atoms with Crippen LogP contribution in [-0.2, 0) is 11.0 Å². The van der Waals surface area contributed by atoms with Crippen LogP contribution < -0.4 is 14.8 Å². The van der Waals surface area contributed by atoms with Gasteiger partial charge in [0.05, 0.1) is 17.7 Å². The summed E-state index contributed by atoms with van der Waals surface area (Å²) in [4.78, 5) is 16.5. The molecule has 1 amide bonds. The standard InChI is InChI=1S/C24H20F3N3O3S/c1-3-32-21-10-16(9-17(12-28)23-29-15(2)14-34-23)7-8-20(21)33-13-22(31)30-19-6-4-5-18(11-19)24(25,26)27/h4-11,14H,3,13H2,1-2H3,(H,30,31)/b17-9+.